The molecule has 2 rings (SSSR count). The fraction of sp³-hybridized carbons (Fsp3) is 0.692. The number of thiophene rings is 1. The van der Waals surface area contributed by atoms with Crippen LogP contribution < -0.4 is 10.6 Å². The van der Waals surface area contributed by atoms with Gasteiger partial charge in [-0.05, 0) is 43.4 Å². The number of hydrogen-bond acceptors (Lipinski definition) is 4. The van der Waals surface area contributed by atoms with Gasteiger partial charge in [-0.25, -0.2) is 0 Å². The van der Waals surface area contributed by atoms with Crippen molar-refractivity contribution < 1.29 is 0 Å². The molecule has 1 aliphatic heterocycles. The second-order valence-corrected chi connectivity index (χ2v) is 5.65. The van der Waals surface area contributed by atoms with E-state index in [2.05, 4.69) is 33.9 Å². The highest BCUT2D eigenvalue weighted by molar-refractivity contribution is 7.10. The summed E-state index contributed by atoms with van der Waals surface area (Å²) in [6.45, 7) is 10.2. The monoisotopic (exact) mass is 253 g/mol. The van der Waals surface area contributed by atoms with Crippen molar-refractivity contribution >= 4 is 11.3 Å². The van der Waals surface area contributed by atoms with E-state index in [0.717, 1.165) is 19.6 Å². The molecule has 4 heteroatoms. The van der Waals surface area contributed by atoms with Crippen molar-refractivity contribution in [2.75, 3.05) is 39.3 Å². The molecule has 1 aromatic heterocycles. The first-order valence-electron chi connectivity index (χ1n) is 6.53. The summed E-state index contributed by atoms with van der Waals surface area (Å²) in [6.07, 6.45) is 1.28. The molecule has 2 N–H and O–H groups in total. The van der Waals surface area contributed by atoms with Gasteiger partial charge >= 0.3 is 0 Å². The molecular formula is C13H23N3S. The van der Waals surface area contributed by atoms with E-state index in [9.17, 15) is 0 Å². The maximum atomic E-state index is 3.54. The van der Waals surface area contributed by atoms with Gasteiger partial charge in [0.15, 0.2) is 0 Å². The quantitative estimate of drug-likeness (QED) is 0.778. The molecule has 1 saturated heterocycles. The van der Waals surface area contributed by atoms with Crippen LogP contribution in [0, 0.1) is 6.92 Å². The van der Waals surface area contributed by atoms with Gasteiger partial charge in [-0.15, -0.1) is 11.3 Å². The van der Waals surface area contributed by atoms with Gasteiger partial charge < -0.3 is 15.5 Å². The molecule has 3 nitrogen and oxygen atoms in total. The Labute approximate surface area is 108 Å². The Hall–Kier alpha value is -0.420. The molecule has 17 heavy (non-hydrogen) atoms. The summed E-state index contributed by atoms with van der Waals surface area (Å²) in [6, 6.07) is 2.20. The largest absolute Gasteiger partial charge is 0.315 e. The number of rotatable bonds is 5. The van der Waals surface area contributed by atoms with Gasteiger partial charge in [0, 0.05) is 37.6 Å². The van der Waals surface area contributed by atoms with Crippen molar-refractivity contribution in [3.63, 3.8) is 0 Å². The highest BCUT2D eigenvalue weighted by Crippen LogP contribution is 2.14. The summed E-state index contributed by atoms with van der Waals surface area (Å²) in [5.41, 5.74) is 1.42. The topological polar surface area (TPSA) is 27.3 Å². The Balaban J connectivity index is 1.61. The average molecular weight is 253 g/mol. The highest BCUT2D eigenvalue weighted by atomic mass is 32.1. The summed E-state index contributed by atoms with van der Waals surface area (Å²) in [5.74, 6) is 0. The Morgan fingerprint density at radius 1 is 1.41 bits per heavy atom. The lowest BCUT2D eigenvalue weighted by atomic mass is 10.3. The van der Waals surface area contributed by atoms with Gasteiger partial charge in [0.25, 0.3) is 0 Å². The maximum Gasteiger partial charge on any atom is 0.0302 e. The molecule has 0 unspecified atom stereocenters. The van der Waals surface area contributed by atoms with E-state index in [1.54, 1.807) is 0 Å². The molecule has 0 amide bonds. The van der Waals surface area contributed by atoms with E-state index >= 15 is 0 Å². The van der Waals surface area contributed by atoms with Crippen molar-refractivity contribution in [1.29, 1.82) is 0 Å². The molecule has 0 bridgehead atoms. The fourth-order valence-electron chi connectivity index (χ4n) is 2.15. The van der Waals surface area contributed by atoms with E-state index in [1.165, 1.54) is 43.0 Å². The molecule has 0 atom stereocenters. The zero-order valence-corrected chi connectivity index (χ0v) is 11.5. The number of aryl methyl sites for hydroxylation is 1. The second-order valence-electron chi connectivity index (χ2n) is 4.65. The molecule has 0 saturated carbocycles. The van der Waals surface area contributed by atoms with Crippen molar-refractivity contribution in [1.82, 2.24) is 15.5 Å². The first-order chi connectivity index (χ1) is 8.36. The number of nitrogens with zero attached hydrogens (tertiary/aromatic N) is 1. The molecule has 0 aliphatic carbocycles. The van der Waals surface area contributed by atoms with Crippen LogP contribution in [0.25, 0.3) is 0 Å². The zero-order chi connectivity index (χ0) is 11.9. The lowest BCUT2D eigenvalue weighted by Gasteiger charge is -2.19. The van der Waals surface area contributed by atoms with Crippen LogP contribution in [-0.4, -0.2) is 44.2 Å². The van der Waals surface area contributed by atoms with Crippen molar-refractivity contribution in [2.24, 2.45) is 0 Å². The van der Waals surface area contributed by atoms with Crippen LogP contribution in [0.3, 0.4) is 0 Å². The van der Waals surface area contributed by atoms with Crippen LogP contribution in [0.4, 0.5) is 0 Å². The SMILES string of the molecule is Cc1ccsc1CNCCN1CCCNCC1. The lowest BCUT2D eigenvalue weighted by molar-refractivity contribution is 0.291. The summed E-state index contributed by atoms with van der Waals surface area (Å²) in [4.78, 5) is 4.02. The Morgan fingerprint density at radius 2 is 2.35 bits per heavy atom. The van der Waals surface area contributed by atoms with Gasteiger partial charge in [0.05, 0.1) is 0 Å². The number of hydrogen-bond donors (Lipinski definition) is 2. The third kappa shape index (κ3) is 4.39. The molecule has 1 aromatic rings. The van der Waals surface area contributed by atoms with Gasteiger partial charge in [0.1, 0.15) is 0 Å². The maximum absolute atomic E-state index is 3.54. The fourth-order valence-corrected chi connectivity index (χ4v) is 3.03. The summed E-state index contributed by atoms with van der Waals surface area (Å²) in [7, 11) is 0. The molecule has 1 fully saturated rings. The van der Waals surface area contributed by atoms with Crippen LogP contribution in [0.15, 0.2) is 11.4 Å². The Kier molecular flexibility index (Phi) is 5.45. The highest BCUT2D eigenvalue weighted by Gasteiger charge is 2.07. The molecule has 1 aliphatic rings. The number of nitrogens with one attached hydrogen (secondary N) is 2. The van der Waals surface area contributed by atoms with Crippen molar-refractivity contribution in [3.8, 4) is 0 Å². The third-order valence-electron chi connectivity index (χ3n) is 3.29. The Bertz CT molecular complexity index is 316. The smallest absolute Gasteiger partial charge is 0.0302 e. The van der Waals surface area contributed by atoms with Crippen LogP contribution in [0.5, 0.6) is 0 Å². The van der Waals surface area contributed by atoms with Crippen LogP contribution in [0.1, 0.15) is 16.9 Å². The van der Waals surface area contributed by atoms with Crippen LogP contribution in [-0.2, 0) is 6.54 Å². The minimum Gasteiger partial charge on any atom is -0.315 e. The first-order valence-corrected chi connectivity index (χ1v) is 7.41. The summed E-state index contributed by atoms with van der Waals surface area (Å²) >= 11 is 1.85. The van der Waals surface area contributed by atoms with E-state index in [0.29, 0.717) is 0 Å². The summed E-state index contributed by atoms with van der Waals surface area (Å²) < 4.78 is 0. The van der Waals surface area contributed by atoms with Gasteiger partial charge in [0.2, 0.25) is 0 Å². The Morgan fingerprint density at radius 3 is 3.18 bits per heavy atom. The molecule has 0 spiro atoms. The molecule has 2 heterocycles. The van der Waals surface area contributed by atoms with E-state index < -0.39 is 0 Å². The predicted octanol–water partition coefficient (Wildman–Crippen LogP) is 1.44. The van der Waals surface area contributed by atoms with Gasteiger partial charge in [-0.1, -0.05) is 0 Å². The molecule has 0 radical (unpaired) electrons. The van der Waals surface area contributed by atoms with E-state index in [1.807, 2.05) is 11.3 Å². The minimum atomic E-state index is 1.02. The minimum absolute atomic E-state index is 1.02. The molecule has 0 aromatic carbocycles. The molecule has 96 valence electrons. The predicted molar refractivity (Wildman–Crippen MR) is 74.7 cm³/mol. The van der Waals surface area contributed by atoms with Gasteiger partial charge in [-0.3, -0.25) is 0 Å². The average Bonchev–Trinajstić information content (AvgIpc) is 2.60. The van der Waals surface area contributed by atoms with Crippen LogP contribution >= 0.6 is 11.3 Å². The normalized spacial score (nSPS) is 18.2. The first kappa shape index (κ1) is 13.0. The van der Waals surface area contributed by atoms with E-state index in [4.69, 9.17) is 0 Å². The standard InChI is InChI=1S/C13H23N3S/c1-12-3-10-17-13(12)11-15-6-9-16-7-2-4-14-5-8-16/h3,10,14-15H,2,4-9,11H2,1H3. The second kappa shape index (κ2) is 7.11. The van der Waals surface area contributed by atoms with Crippen molar-refractivity contribution in [3.05, 3.63) is 21.9 Å². The van der Waals surface area contributed by atoms with Crippen LogP contribution in [0.2, 0.25) is 0 Å². The zero-order valence-electron chi connectivity index (χ0n) is 10.7. The summed E-state index contributed by atoms with van der Waals surface area (Å²) in [5, 5.41) is 9.16. The van der Waals surface area contributed by atoms with Gasteiger partial charge in [-0.2, -0.15) is 0 Å². The van der Waals surface area contributed by atoms with Crippen molar-refractivity contribution in [2.45, 2.75) is 19.9 Å². The molecular weight excluding hydrogens is 230 g/mol. The third-order valence-corrected chi connectivity index (χ3v) is 4.31. The van der Waals surface area contributed by atoms with E-state index in [-0.39, 0.29) is 0 Å². The lowest BCUT2D eigenvalue weighted by Crippen LogP contribution is -2.34.